The Labute approximate surface area is 121 Å². The highest BCUT2D eigenvalue weighted by Gasteiger charge is 2.11. The van der Waals surface area contributed by atoms with Crippen LogP contribution in [-0.2, 0) is 6.54 Å². The lowest BCUT2D eigenvalue weighted by atomic mass is 10.2. The van der Waals surface area contributed by atoms with E-state index in [1.165, 1.54) is 16.8 Å². The molecule has 0 aliphatic carbocycles. The van der Waals surface area contributed by atoms with E-state index < -0.39 is 0 Å². The van der Waals surface area contributed by atoms with Crippen molar-refractivity contribution in [3.63, 3.8) is 0 Å². The highest BCUT2D eigenvalue weighted by molar-refractivity contribution is 6.31. The summed E-state index contributed by atoms with van der Waals surface area (Å²) in [5, 5.41) is 7.27. The summed E-state index contributed by atoms with van der Waals surface area (Å²) in [6.07, 6.45) is 0. The molecule has 0 atom stereocenters. The Kier molecular flexibility index (Phi) is 4.20. The van der Waals surface area contributed by atoms with Gasteiger partial charge < -0.3 is 5.32 Å². The van der Waals surface area contributed by atoms with E-state index >= 15 is 0 Å². The summed E-state index contributed by atoms with van der Waals surface area (Å²) in [5.74, 6) is -0.377. The maximum Gasteiger partial charge on any atom is 0.276 e. The van der Waals surface area contributed by atoms with Crippen LogP contribution in [0.1, 0.15) is 23.0 Å². The molecule has 0 aliphatic rings. The Morgan fingerprint density at radius 1 is 1.35 bits per heavy atom. The molecule has 0 bridgehead atoms. The van der Waals surface area contributed by atoms with Crippen LogP contribution >= 0.6 is 11.6 Å². The third kappa shape index (κ3) is 3.05. The highest BCUT2D eigenvalue weighted by atomic mass is 35.5. The molecule has 1 heterocycles. The first-order valence-corrected chi connectivity index (χ1v) is 6.54. The van der Waals surface area contributed by atoms with Crippen molar-refractivity contribution >= 4 is 23.2 Å². The second-order valence-corrected chi connectivity index (χ2v) is 4.72. The molecule has 1 aromatic heterocycles. The number of nitrogens with zero attached hydrogens (tertiary/aromatic N) is 2. The largest absolute Gasteiger partial charge is 0.320 e. The summed E-state index contributed by atoms with van der Waals surface area (Å²) >= 11 is 5.90. The normalized spacial score (nSPS) is 10.3. The lowest BCUT2D eigenvalue weighted by molar-refractivity contribution is 0.102. The summed E-state index contributed by atoms with van der Waals surface area (Å²) in [5.41, 5.74) is 1.47. The molecule has 0 fully saturated rings. The summed E-state index contributed by atoms with van der Waals surface area (Å²) in [4.78, 5) is 23.6. The zero-order valence-corrected chi connectivity index (χ0v) is 11.9. The second kappa shape index (κ2) is 5.88. The molecule has 2 rings (SSSR count). The standard InChI is InChI=1S/C14H14ClN3O2/c1-3-18-13(19)7-6-11(17-18)14(20)16-12-8-10(15)5-4-9(12)2/h4-8H,3H2,1-2H3,(H,16,20). The van der Waals surface area contributed by atoms with Crippen molar-refractivity contribution in [2.75, 3.05) is 5.32 Å². The fourth-order valence-electron chi connectivity index (χ4n) is 1.71. The molecule has 1 aromatic carbocycles. The van der Waals surface area contributed by atoms with Crippen molar-refractivity contribution < 1.29 is 4.79 Å². The molecule has 20 heavy (non-hydrogen) atoms. The molecule has 5 nitrogen and oxygen atoms in total. The van der Waals surface area contributed by atoms with Crippen molar-refractivity contribution in [1.29, 1.82) is 0 Å². The molecule has 0 saturated carbocycles. The van der Waals surface area contributed by atoms with Gasteiger partial charge in [-0.25, -0.2) is 4.68 Å². The van der Waals surface area contributed by atoms with Gasteiger partial charge in [0.1, 0.15) is 5.69 Å². The van der Waals surface area contributed by atoms with Crippen molar-refractivity contribution in [1.82, 2.24) is 9.78 Å². The summed E-state index contributed by atoms with van der Waals surface area (Å²) < 4.78 is 1.24. The molecule has 104 valence electrons. The van der Waals surface area contributed by atoms with Gasteiger partial charge in [-0.05, 0) is 37.6 Å². The maximum absolute atomic E-state index is 12.1. The molecule has 6 heteroatoms. The van der Waals surface area contributed by atoms with Crippen LogP contribution in [0.4, 0.5) is 5.69 Å². The van der Waals surface area contributed by atoms with Gasteiger partial charge in [-0.3, -0.25) is 9.59 Å². The minimum absolute atomic E-state index is 0.186. The fraction of sp³-hybridized carbons (Fsp3) is 0.214. The van der Waals surface area contributed by atoms with Crippen LogP contribution in [0.5, 0.6) is 0 Å². The Bertz CT molecular complexity index is 710. The molecule has 1 amide bonds. The number of halogens is 1. The van der Waals surface area contributed by atoms with E-state index in [1.807, 2.05) is 13.0 Å². The van der Waals surface area contributed by atoms with Crippen LogP contribution in [-0.4, -0.2) is 15.7 Å². The molecular weight excluding hydrogens is 278 g/mol. The average Bonchev–Trinajstić information content (AvgIpc) is 2.43. The molecule has 2 aromatic rings. The van der Waals surface area contributed by atoms with E-state index in [1.54, 1.807) is 19.1 Å². The van der Waals surface area contributed by atoms with E-state index in [9.17, 15) is 9.59 Å². The number of hydrogen-bond acceptors (Lipinski definition) is 3. The number of carbonyl (C=O) groups excluding carboxylic acids is 1. The molecule has 0 saturated heterocycles. The summed E-state index contributed by atoms with van der Waals surface area (Å²) in [7, 11) is 0. The van der Waals surface area contributed by atoms with Crippen LogP contribution in [0.25, 0.3) is 0 Å². The van der Waals surface area contributed by atoms with E-state index in [0.29, 0.717) is 17.3 Å². The second-order valence-electron chi connectivity index (χ2n) is 4.29. The van der Waals surface area contributed by atoms with Gasteiger partial charge in [-0.1, -0.05) is 17.7 Å². The molecule has 1 N–H and O–H groups in total. The quantitative estimate of drug-likeness (QED) is 0.945. The maximum atomic E-state index is 12.1. The average molecular weight is 292 g/mol. The van der Waals surface area contributed by atoms with Gasteiger partial charge in [-0.2, -0.15) is 5.10 Å². The minimum Gasteiger partial charge on any atom is -0.320 e. The van der Waals surface area contributed by atoms with Crippen LogP contribution in [0, 0.1) is 6.92 Å². The monoisotopic (exact) mass is 291 g/mol. The number of aromatic nitrogens is 2. The van der Waals surface area contributed by atoms with E-state index in [2.05, 4.69) is 10.4 Å². The van der Waals surface area contributed by atoms with Crippen molar-refractivity contribution in [2.24, 2.45) is 0 Å². The summed E-state index contributed by atoms with van der Waals surface area (Å²) in [6, 6.07) is 7.98. The van der Waals surface area contributed by atoms with E-state index in [-0.39, 0.29) is 17.2 Å². The Morgan fingerprint density at radius 2 is 2.10 bits per heavy atom. The molecule has 0 radical (unpaired) electrons. The first-order chi connectivity index (χ1) is 9.51. The number of anilines is 1. The van der Waals surface area contributed by atoms with Crippen molar-refractivity contribution in [3.8, 4) is 0 Å². The summed E-state index contributed by atoms with van der Waals surface area (Å²) in [6.45, 7) is 4.07. The van der Waals surface area contributed by atoms with Crippen LogP contribution in [0.2, 0.25) is 5.02 Å². The predicted molar refractivity (Wildman–Crippen MR) is 78.3 cm³/mol. The zero-order chi connectivity index (χ0) is 14.7. The van der Waals surface area contributed by atoms with E-state index in [4.69, 9.17) is 11.6 Å². The first kappa shape index (κ1) is 14.3. The topological polar surface area (TPSA) is 64.0 Å². The van der Waals surface area contributed by atoms with Gasteiger partial charge in [0.05, 0.1) is 0 Å². The number of hydrogen-bond donors (Lipinski definition) is 1. The SMILES string of the molecule is CCn1nc(C(=O)Nc2cc(Cl)ccc2C)ccc1=O. The fourth-order valence-corrected chi connectivity index (χ4v) is 1.88. The Balaban J connectivity index is 2.28. The first-order valence-electron chi connectivity index (χ1n) is 6.17. The number of benzene rings is 1. The number of aryl methyl sites for hydroxylation is 2. The van der Waals surface area contributed by atoms with Crippen LogP contribution < -0.4 is 10.9 Å². The van der Waals surface area contributed by atoms with Crippen LogP contribution in [0.3, 0.4) is 0 Å². The zero-order valence-electron chi connectivity index (χ0n) is 11.2. The number of nitrogens with one attached hydrogen (secondary N) is 1. The van der Waals surface area contributed by atoms with Gasteiger partial charge in [0.2, 0.25) is 0 Å². The number of rotatable bonds is 3. The van der Waals surface area contributed by atoms with Gasteiger partial charge in [0, 0.05) is 23.3 Å². The Morgan fingerprint density at radius 3 is 2.80 bits per heavy atom. The Hall–Kier alpha value is -2.14. The predicted octanol–water partition coefficient (Wildman–Crippen LogP) is 2.48. The van der Waals surface area contributed by atoms with Gasteiger partial charge >= 0.3 is 0 Å². The lowest BCUT2D eigenvalue weighted by Gasteiger charge is -2.09. The number of amides is 1. The van der Waals surface area contributed by atoms with Gasteiger partial charge in [0.25, 0.3) is 11.5 Å². The third-order valence-corrected chi connectivity index (χ3v) is 3.08. The third-order valence-electron chi connectivity index (χ3n) is 2.85. The molecular formula is C14H14ClN3O2. The molecule has 0 spiro atoms. The lowest BCUT2D eigenvalue weighted by Crippen LogP contribution is -2.25. The highest BCUT2D eigenvalue weighted by Crippen LogP contribution is 2.20. The molecule has 0 aliphatic heterocycles. The van der Waals surface area contributed by atoms with Gasteiger partial charge in [0.15, 0.2) is 0 Å². The molecule has 0 unspecified atom stereocenters. The number of carbonyl (C=O) groups is 1. The van der Waals surface area contributed by atoms with Crippen molar-refractivity contribution in [2.45, 2.75) is 20.4 Å². The minimum atomic E-state index is -0.377. The van der Waals surface area contributed by atoms with E-state index in [0.717, 1.165) is 5.56 Å². The van der Waals surface area contributed by atoms with Crippen LogP contribution in [0.15, 0.2) is 35.1 Å². The van der Waals surface area contributed by atoms with Gasteiger partial charge in [-0.15, -0.1) is 0 Å². The smallest absolute Gasteiger partial charge is 0.276 e. The van der Waals surface area contributed by atoms with Crippen molar-refractivity contribution in [3.05, 3.63) is 57.0 Å².